The molecule has 0 radical (unpaired) electrons. The molecular formula is C15H14F2N2O2. The monoisotopic (exact) mass is 292 g/mol. The lowest BCUT2D eigenvalue weighted by atomic mass is 10.2. The molecule has 1 amide bonds. The highest BCUT2D eigenvalue weighted by molar-refractivity contribution is 5.94. The first-order valence-corrected chi connectivity index (χ1v) is 6.37. The van der Waals surface area contributed by atoms with Crippen molar-refractivity contribution >= 4 is 5.91 Å². The molecule has 1 heterocycles. The van der Waals surface area contributed by atoms with Crippen LogP contribution in [0.15, 0.2) is 48.8 Å². The number of benzene rings is 1. The Hall–Kier alpha value is -2.50. The van der Waals surface area contributed by atoms with Gasteiger partial charge >= 0.3 is 6.61 Å². The molecule has 0 saturated carbocycles. The molecule has 0 atom stereocenters. The molecule has 0 unspecified atom stereocenters. The molecule has 0 spiro atoms. The van der Waals surface area contributed by atoms with Gasteiger partial charge in [-0.25, -0.2) is 0 Å². The Morgan fingerprint density at radius 3 is 2.62 bits per heavy atom. The molecule has 2 rings (SSSR count). The van der Waals surface area contributed by atoms with E-state index in [1.54, 1.807) is 12.4 Å². The summed E-state index contributed by atoms with van der Waals surface area (Å²) in [5.74, 6) is -0.237. The SMILES string of the molecule is O=C(NCCc1cccnc1)c1ccc(OC(F)F)cc1. The zero-order valence-electron chi connectivity index (χ0n) is 11.1. The highest BCUT2D eigenvalue weighted by Gasteiger charge is 2.07. The Bertz CT molecular complexity index is 574. The lowest BCUT2D eigenvalue weighted by Gasteiger charge is -2.07. The second-order valence-electron chi connectivity index (χ2n) is 4.27. The highest BCUT2D eigenvalue weighted by Crippen LogP contribution is 2.14. The summed E-state index contributed by atoms with van der Waals surface area (Å²) >= 11 is 0. The minimum atomic E-state index is -2.87. The maximum absolute atomic E-state index is 12.0. The molecule has 1 aromatic carbocycles. The first-order valence-electron chi connectivity index (χ1n) is 6.37. The number of rotatable bonds is 6. The first-order chi connectivity index (χ1) is 10.1. The fourth-order valence-corrected chi connectivity index (χ4v) is 1.76. The van der Waals surface area contributed by atoms with E-state index in [9.17, 15) is 13.6 Å². The molecular weight excluding hydrogens is 278 g/mol. The van der Waals surface area contributed by atoms with E-state index in [0.717, 1.165) is 5.56 Å². The van der Waals surface area contributed by atoms with E-state index in [1.807, 2.05) is 12.1 Å². The van der Waals surface area contributed by atoms with Crippen molar-refractivity contribution in [3.8, 4) is 5.75 Å². The van der Waals surface area contributed by atoms with Crippen molar-refractivity contribution in [3.05, 3.63) is 59.9 Å². The minimum Gasteiger partial charge on any atom is -0.435 e. The Labute approximate surface area is 120 Å². The third-order valence-electron chi connectivity index (χ3n) is 2.76. The van der Waals surface area contributed by atoms with Crippen LogP contribution in [-0.2, 0) is 6.42 Å². The van der Waals surface area contributed by atoms with Crippen LogP contribution in [-0.4, -0.2) is 24.0 Å². The topological polar surface area (TPSA) is 51.2 Å². The molecule has 6 heteroatoms. The Morgan fingerprint density at radius 2 is 2.00 bits per heavy atom. The molecule has 4 nitrogen and oxygen atoms in total. The smallest absolute Gasteiger partial charge is 0.387 e. The molecule has 0 bridgehead atoms. The number of pyridine rings is 1. The zero-order chi connectivity index (χ0) is 15.1. The number of aromatic nitrogens is 1. The van der Waals surface area contributed by atoms with E-state index >= 15 is 0 Å². The normalized spacial score (nSPS) is 10.4. The Kier molecular flexibility index (Phi) is 5.20. The molecule has 1 N–H and O–H groups in total. The average molecular weight is 292 g/mol. The molecule has 1 aromatic heterocycles. The van der Waals surface area contributed by atoms with E-state index in [1.165, 1.54) is 24.3 Å². The second kappa shape index (κ2) is 7.33. The van der Waals surface area contributed by atoms with Crippen molar-refractivity contribution in [2.75, 3.05) is 6.54 Å². The number of hydrogen-bond acceptors (Lipinski definition) is 3. The maximum atomic E-state index is 12.0. The molecule has 0 aliphatic carbocycles. The number of alkyl halides is 2. The van der Waals surface area contributed by atoms with Crippen molar-refractivity contribution in [3.63, 3.8) is 0 Å². The van der Waals surface area contributed by atoms with E-state index in [0.29, 0.717) is 18.5 Å². The van der Waals surface area contributed by atoms with Crippen molar-refractivity contribution in [2.45, 2.75) is 13.0 Å². The summed E-state index contributed by atoms with van der Waals surface area (Å²) in [5, 5.41) is 2.75. The van der Waals surface area contributed by atoms with Gasteiger partial charge in [0, 0.05) is 24.5 Å². The van der Waals surface area contributed by atoms with Crippen LogP contribution in [0.25, 0.3) is 0 Å². The number of amides is 1. The fourth-order valence-electron chi connectivity index (χ4n) is 1.76. The summed E-state index contributed by atoms with van der Waals surface area (Å²) in [6.45, 7) is -2.40. The molecule has 0 saturated heterocycles. The van der Waals surface area contributed by atoms with E-state index < -0.39 is 6.61 Å². The number of ether oxygens (including phenoxy) is 1. The van der Waals surface area contributed by atoms with Crippen molar-refractivity contribution in [2.24, 2.45) is 0 Å². The summed E-state index contributed by atoms with van der Waals surface area (Å²) in [7, 11) is 0. The van der Waals surface area contributed by atoms with Gasteiger partial charge in [-0.2, -0.15) is 8.78 Å². The quantitative estimate of drug-likeness (QED) is 0.890. The van der Waals surface area contributed by atoms with Gasteiger partial charge < -0.3 is 10.1 Å². The van der Waals surface area contributed by atoms with Gasteiger partial charge in [0.1, 0.15) is 5.75 Å². The molecule has 21 heavy (non-hydrogen) atoms. The van der Waals surface area contributed by atoms with Crippen molar-refractivity contribution < 1.29 is 18.3 Å². The van der Waals surface area contributed by atoms with Crippen LogP contribution in [0.1, 0.15) is 15.9 Å². The summed E-state index contributed by atoms with van der Waals surface area (Å²) in [5.41, 5.74) is 1.42. The molecule has 110 valence electrons. The number of carbonyl (C=O) groups is 1. The van der Waals surface area contributed by atoms with Gasteiger partial charge in [0.05, 0.1) is 0 Å². The third kappa shape index (κ3) is 4.83. The van der Waals surface area contributed by atoms with Gasteiger partial charge in [0.15, 0.2) is 0 Å². The van der Waals surface area contributed by atoms with Crippen LogP contribution in [0.3, 0.4) is 0 Å². The van der Waals surface area contributed by atoms with Gasteiger partial charge in [0.2, 0.25) is 0 Å². The van der Waals surface area contributed by atoms with Crippen molar-refractivity contribution in [1.82, 2.24) is 10.3 Å². The number of hydrogen-bond donors (Lipinski definition) is 1. The maximum Gasteiger partial charge on any atom is 0.387 e. The van der Waals surface area contributed by atoms with Gasteiger partial charge in [-0.15, -0.1) is 0 Å². The van der Waals surface area contributed by atoms with E-state index in [2.05, 4.69) is 15.0 Å². The summed E-state index contributed by atoms with van der Waals surface area (Å²) < 4.78 is 28.2. The number of carbonyl (C=O) groups excluding carboxylic acids is 1. The average Bonchev–Trinajstić information content (AvgIpc) is 2.48. The minimum absolute atomic E-state index is 0.0249. The third-order valence-corrected chi connectivity index (χ3v) is 2.76. The molecule has 0 aliphatic rings. The predicted molar refractivity (Wildman–Crippen MR) is 73.3 cm³/mol. The largest absolute Gasteiger partial charge is 0.435 e. The van der Waals surface area contributed by atoms with Gasteiger partial charge in [0.25, 0.3) is 5.91 Å². The van der Waals surface area contributed by atoms with Crippen molar-refractivity contribution in [1.29, 1.82) is 0 Å². The van der Waals surface area contributed by atoms with E-state index in [-0.39, 0.29) is 11.7 Å². The number of halogens is 2. The van der Waals surface area contributed by atoms with Crippen LogP contribution in [0.4, 0.5) is 8.78 Å². The van der Waals surface area contributed by atoms with Crippen LogP contribution >= 0.6 is 0 Å². The second-order valence-corrected chi connectivity index (χ2v) is 4.27. The Balaban J connectivity index is 1.83. The van der Waals surface area contributed by atoms with E-state index in [4.69, 9.17) is 0 Å². The summed E-state index contributed by atoms with van der Waals surface area (Å²) in [4.78, 5) is 15.8. The predicted octanol–water partition coefficient (Wildman–Crippen LogP) is 2.66. The standard InChI is InChI=1S/C15H14F2N2O2/c16-15(17)21-13-5-3-12(4-6-13)14(20)19-9-7-11-2-1-8-18-10-11/h1-6,8,10,15H,7,9H2,(H,19,20). The summed E-state index contributed by atoms with van der Waals surface area (Å²) in [6, 6.07) is 9.31. The molecule has 0 fully saturated rings. The van der Waals surface area contributed by atoms with Crippen LogP contribution in [0, 0.1) is 0 Å². The highest BCUT2D eigenvalue weighted by atomic mass is 19.3. The van der Waals surface area contributed by atoms with Crippen LogP contribution in [0.5, 0.6) is 5.75 Å². The van der Waals surface area contributed by atoms with Crippen LogP contribution < -0.4 is 10.1 Å². The fraction of sp³-hybridized carbons (Fsp3) is 0.200. The van der Waals surface area contributed by atoms with Crippen LogP contribution in [0.2, 0.25) is 0 Å². The van der Waals surface area contributed by atoms with Gasteiger partial charge in [-0.3, -0.25) is 9.78 Å². The summed E-state index contributed by atoms with van der Waals surface area (Å²) in [6.07, 6.45) is 4.10. The number of nitrogens with one attached hydrogen (secondary N) is 1. The first kappa shape index (κ1) is 14.9. The lowest BCUT2D eigenvalue weighted by molar-refractivity contribution is -0.0498. The van der Waals surface area contributed by atoms with Gasteiger partial charge in [-0.05, 0) is 42.3 Å². The van der Waals surface area contributed by atoms with Gasteiger partial charge in [-0.1, -0.05) is 6.07 Å². The Morgan fingerprint density at radius 1 is 1.24 bits per heavy atom. The zero-order valence-corrected chi connectivity index (χ0v) is 11.1. The lowest BCUT2D eigenvalue weighted by Crippen LogP contribution is -2.25. The number of nitrogens with zero attached hydrogens (tertiary/aromatic N) is 1. The molecule has 2 aromatic rings. The molecule has 0 aliphatic heterocycles.